The zero-order valence-electron chi connectivity index (χ0n) is 11.3. The first-order chi connectivity index (χ1) is 10.3. The van der Waals surface area contributed by atoms with Gasteiger partial charge in [0.05, 0.1) is 6.33 Å². The smallest absolute Gasteiger partial charge is 0.255 e. The fraction of sp³-hybridized carbons (Fsp3) is 0.0625. The molecule has 0 spiro atoms. The fourth-order valence-electron chi connectivity index (χ4n) is 2.04. The van der Waals surface area contributed by atoms with Gasteiger partial charge < -0.3 is 9.88 Å². The molecule has 0 aliphatic heterocycles. The molecule has 0 aliphatic rings. The van der Waals surface area contributed by atoms with Crippen LogP contribution in [-0.2, 0) is 6.54 Å². The number of pyridine rings is 1. The molecule has 0 fully saturated rings. The zero-order valence-corrected chi connectivity index (χ0v) is 11.3. The summed E-state index contributed by atoms with van der Waals surface area (Å²) in [4.78, 5) is 20.1. The maximum atomic E-state index is 12.2. The van der Waals surface area contributed by atoms with E-state index < -0.39 is 0 Å². The quantitative estimate of drug-likeness (QED) is 0.798. The normalized spacial score (nSPS) is 10.3. The van der Waals surface area contributed by atoms with E-state index in [0.717, 1.165) is 11.3 Å². The predicted octanol–water partition coefficient (Wildman–Crippen LogP) is 2.58. The molecule has 0 radical (unpaired) electrons. The number of nitrogens with one attached hydrogen (secondary N) is 1. The Morgan fingerprint density at radius 1 is 1.10 bits per heavy atom. The second-order valence-corrected chi connectivity index (χ2v) is 4.63. The molecule has 104 valence electrons. The van der Waals surface area contributed by atoms with Gasteiger partial charge in [-0.1, -0.05) is 12.1 Å². The standard InChI is InChI=1S/C16H14N4O/c21-16(19-15-4-6-17-7-5-15)14-3-1-2-13(10-14)11-20-9-8-18-12-20/h1-10,12H,11H2,(H,17,19,21). The van der Waals surface area contributed by atoms with E-state index in [0.29, 0.717) is 12.1 Å². The van der Waals surface area contributed by atoms with Crippen molar-refractivity contribution < 1.29 is 4.79 Å². The summed E-state index contributed by atoms with van der Waals surface area (Å²) in [7, 11) is 0. The lowest BCUT2D eigenvalue weighted by Crippen LogP contribution is -2.12. The molecule has 3 rings (SSSR count). The Bertz CT molecular complexity index is 723. The van der Waals surface area contributed by atoms with Crippen molar-refractivity contribution in [3.05, 3.63) is 78.6 Å². The van der Waals surface area contributed by atoms with Gasteiger partial charge in [-0.05, 0) is 29.8 Å². The van der Waals surface area contributed by atoms with Gasteiger partial charge in [-0.15, -0.1) is 0 Å². The van der Waals surface area contributed by atoms with Crippen LogP contribution in [0.4, 0.5) is 5.69 Å². The molecule has 2 aromatic heterocycles. The molecule has 0 saturated heterocycles. The van der Waals surface area contributed by atoms with Gasteiger partial charge in [0.25, 0.3) is 5.91 Å². The topological polar surface area (TPSA) is 59.8 Å². The average molecular weight is 278 g/mol. The molecule has 0 unspecified atom stereocenters. The van der Waals surface area contributed by atoms with E-state index in [2.05, 4.69) is 15.3 Å². The Kier molecular flexibility index (Phi) is 3.73. The number of aromatic nitrogens is 3. The van der Waals surface area contributed by atoms with E-state index in [9.17, 15) is 4.79 Å². The van der Waals surface area contributed by atoms with Crippen molar-refractivity contribution in [1.29, 1.82) is 0 Å². The Morgan fingerprint density at radius 2 is 1.95 bits per heavy atom. The van der Waals surface area contributed by atoms with E-state index in [1.807, 2.05) is 29.0 Å². The summed E-state index contributed by atoms with van der Waals surface area (Å²) in [5, 5.41) is 2.85. The molecule has 5 nitrogen and oxygen atoms in total. The van der Waals surface area contributed by atoms with Crippen LogP contribution in [-0.4, -0.2) is 20.4 Å². The number of hydrogen-bond acceptors (Lipinski definition) is 3. The summed E-state index contributed by atoms with van der Waals surface area (Å²) in [6.45, 7) is 0.691. The van der Waals surface area contributed by atoms with E-state index in [4.69, 9.17) is 0 Å². The summed E-state index contributed by atoms with van der Waals surface area (Å²) in [5.74, 6) is -0.131. The highest BCUT2D eigenvalue weighted by molar-refractivity contribution is 6.04. The Morgan fingerprint density at radius 3 is 2.71 bits per heavy atom. The maximum absolute atomic E-state index is 12.2. The minimum atomic E-state index is -0.131. The molecular formula is C16H14N4O. The van der Waals surface area contributed by atoms with E-state index in [1.54, 1.807) is 43.1 Å². The highest BCUT2D eigenvalue weighted by Gasteiger charge is 2.06. The number of carbonyl (C=O) groups is 1. The molecule has 21 heavy (non-hydrogen) atoms. The van der Waals surface area contributed by atoms with Crippen molar-refractivity contribution in [1.82, 2.24) is 14.5 Å². The molecule has 0 saturated carbocycles. The molecule has 1 N–H and O–H groups in total. The summed E-state index contributed by atoms with van der Waals surface area (Å²) >= 11 is 0. The van der Waals surface area contributed by atoms with Crippen molar-refractivity contribution in [2.45, 2.75) is 6.54 Å². The van der Waals surface area contributed by atoms with E-state index >= 15 is 0 Å². The molecule has 0 aliphatic carbocycles. The SMILES string of the molecule is O=C(Nc1ccncc1)c1cccc(Cn2ccnc2)c1. The van der Waals surface area contributed by atoms with Gasteiger partial charge in [0.1, 0.15) is 0 Å². The van der Waals surface area contributed by atoms with Crippen LogP contribution in [0.2, 0.25) is 0 Å². The first-order valence-electron chi connectivity index (χ1n) is 6.57. The molecule has 1 amide bonds. The lowest BCUT2D eigenvalue weighted by Gasteiger charge is -2.07. The second kappa shape index (κ2) is 6.00. The third-order valence-electron chi connectivity index (χ3n) is 3.05. The van der Waals surface area contributed by atoms with Crippen molar-refractivity contribution >= 4 is 11.6 Å². The lowest BCUT2D eigenvalue weighted by molar-refractivity contribution is 0.102. The third kappa shape index (κ3) is 3.33. The summed E-state index contributed by atoms with van der Waals surface area (Å²) in [5.41, 5.74) is 2.41. The van der Waals surface area contributed by atoms with Gasteiger partial charge >= 0.3 is 0 Å². The van der Waals surface area contributed by atoms with Crippen LogP contribution in [0.5, 0.6) is 0 Å². The fourth-order valence-corrected chi connectivity index (χ4v) is 2.04. The van der Waals surface area contributed by atoms with Crippen molar-refractivity contribution in [2.75, 3.05) is 5.32 Å². The van der Waals surface area contributed by atoms with Gasteiger partial charge in [-0.3, -0.25) is 9.78 Å². The monoisotopic (exact) mass is 278 g/mol. The van der Waals surface area contributed by atoms with E-state index in [-0.39, 0.29) is 5.91 Å². The highest BCUT2D eigenvalue weighted by atomic mass is 16.1. The molecule has 1 aromatic carbocycles. The number of hydrogen-bond donors (Lipinski definition) is 1. The first-order valence-corrected chi connectivity index (χ1v) is 6.57. The van der Waals surface area contributed by atoms with Gasteiger partial charge in [-0.2, -0.15) is 0 Å². The minimum absolute atomic E-state index is 0.131. The molecular weight excluding hydrogens is 264 g/mol. The third-order valence-corrected chi connectivity index (χ3v) is 3.05. The zero-order chi connectivity index (χ0) is 14.5. The largest absolute Gasteiger partial charge is 0.333 e. The van der Waals surface area contributed by atoms with Crippen LogP contribution in [0.1, 0.15) is 15.9 Å². The number of nitrogens with zero attached hydrogens (tertiary/aromatic N) is 3. The Hall–Kier alpha value is -2.95. The van der Waals surface area contributed by atoms with Crippen LogP contribution in [0.15, 0.2) is 67.5 Å². The number of rotatable bonds is 4. The summed E-state index contributed by atoms with van der Waals surface area (Å²) in [6.07, 6.45) is 8.67. The highest BCUT2D eigenvalue weighted by Crippen LogP contribution is 2.11. The number of anilines is 1. The average Bonchev–Trinajstić information content (AvgIpc) is 3.01. The van der Waals surface area contributed by atoms with Gasteiger partial charge in [0.15, 0.2) is 0 Å². The number of benzene rings is 1. The lowest BCUT2D eigenvalue weighted by atomic mass is 10.1. The second-order valence-electron chi connectivity index (χ2n) is 4.63. The maximum Gasteiger partial charge on any atom is 0.255 e. The van der Waals surface area contributed by atoms with Crippen LogP contribution in [0.3, 0.4) is 0 Å². The van der Waals surface area contributed by atoms with Crippen LogP contribution in [0.25, 0.3) is 0 Å². The van der Waals surface area contributed by atoms with E-state index in [1.165, 1.54) is 0 Å². The number of amides is 1. The first kappa shape index (κ1) is 13.1. The number of carbonyl (C=O) groups excluding carboxylic acids is 1. The van der Waals surface area contributed by atoms with Gasteiger partial charge in [0.2, 0.25) is 0 Å². The predicted molar refractivity (Wildman–Crippen MR) is 80.0 cm³/mol. The van der Waals surface area contributed by atoms with Crippen LogP contribution < -0.4 is 5.32 Å². The van der Waals surface area contributed by atoms with Crippen molar-refractivity contribution in [3.63, 3.8) is 0 Å². The molecule has 0 bridgehead atoms. The van der Waals surface area contributed by atoms with Crippen LogP contribution >= 0.6 is 0 Å². The van der Waals surface area contributed by atoms with Crippen molar-refractivity contribution in [2.24, 2.45) is 0 Å². The molecule has 0 atom stereocenters. The molecule has 2 heterocycles. The van der Waals surface area contributed by atoms with Crippen LogP contribution in [0, 0.1) is 0 Å². The van der Waals surface area contributed by atoms with Gasteiger partial charge in [0, 0.05) is 42.6 Å². The molecule has 3 aromatic rings. The van der Waals surface area contributed by atoms with Crippen molar-refractivity contribution in [3.8, 4) is 0 Å². The number of imidazole rings is 1. The Labute approximate surface area is 122 Å². The summed E-state index contributed by atoms with van der Waals surface area (Å²) < 4.78 is 1.96. The minimum Gasteiger partial charge on any atom is -0.333 e. The Balaban J connectivity index is 1.74. The molecule has 5 heteroatoms. The van der Waals surface area contributed by atoms with Gasteiger partial charge in [-0.25, -0.2) is 4.98 Å². The summed E-state index contributed by atoms with van der Waals surface area (Å²) in [6, 6.07) is 11.1.